The molecule has 4 nitrogen and oxygen atoms in total. The quantitative estimate of drug-likeness (QED) is 0.217. The zero-order valence-electron chi connectivity index (χ0n) is 18.1. The van der Waals surface area contributed by atoms with Crippen LogP contribution in [0.1, 0.15) is 44.6 Å². The van der Waals surface area contributed by atoms with Crippen LogP contribution in [0.5, 0.6) is 0 Å². The van der Waals surface area contributed by atoms with E-state index in [-0.39, 0.29) is 0 Å². The van der Waals surface area contributed by atoms with Gasteiger partial charge >= 0.3 is 0 Å². The van der Waals surface area contributed by atoms with Gasteiger partial charge < -0.3 is 9.88 Å². The van der Waals surface area contributed by atoms with Crippen molar-refractivity contribution >= 4 is 18.4 Å². The Morgan fingerprint density at radius 1 is 0.933 bits per heavy atom. The van der Waals surface area contributed by atoms with Gasteiger partial charge in [-0.1, -0.05) is 93.3 Å². The molecule has 0 unspecified atom stereocenters. The molecule has 3 aromatic rings. The Bertz CT molecular complexity index is 957. The molecule has 0 aliphatic carbocycles. The number of nitrogens with one attached hydrogen (secondary N) is 2. The van der Waals surface area contributed by atoms with Crippen LogP contribution in [0.15, 0.2) is 65.7 Å². The van der Waals surface area contributed by atoms with E-state index in [0.717, 1.165) is 40.9 Å². The van der Waals surface area contributed by atoms with E-state index in [1.165, 1.54) is 25.7 Å². The second kappa shape index (κ2) is 10.6. The third-order valence-corrected chi connectivity index (χ3v) is 5.48. The number of rotatable bonds is 10. The van der Waals surface area contributed by atoms with Crippen LogP contribution in [-0.4, -0.2) is 36.0 Å². The van der Waals surface area contributed by atoms with Crippen LogP contribution < -0.4 is 0 Å². The van der Waals surface area contributed by atoms with Gasteiger partial charge in [-0.15, -0.1) is 0 Å². The van der Waals surface area contributed by atoms with Crippen molar-refractivity contribution in [3.05, 3.63) is 66.2 Å². The molecule has 2 N–H and O–H groups in total. The van der Waals surface area contributed by atoms with E-state index in [1.807, 2.05) is 48.3 Å². The van der Waals surface area contributed by atoms with Crippen molar-refractivity contribution in [2.45, 2.75) is 39.0 Å². The molecule has 1 aromatic heterocycles. The fourth-order valence-electron chi connectivity index (χ4n) is 3.81. The Kier molecular flexibility index (Phi) is 7.61. The fourth-order valence-corrected chi connectivity index (χ4v) is 3.81. The molecule has 0 bridgehead atoms. The van der Waals surface area contributed by atoms with Gasteiger partial charge in [-0.25, -0.2) is 4.99 Å². The molecule has 0 amide bonds. The van der Waals surface area contributed by atoms with E-state index < -0.39 is 0 Å². The summed E-state index contributed by atoms with van der Waals surface area (Å²) in [6.45, 7) is 6.86. The largest absolute Gasteiger partial charge is 0.360 e. The summed E-state index contributed by atoms with van der Waals surface area (Å²) in [4.78, 5) is 9.72. The summed E-state index contributed by atoms with van der Waals surface area (Å²) >= 11 is 0. The second-order valence-electron chi connectivity index (χ2n) is 7.67. The lowest BCUT2D eigenvalue weighted by Crippen LogP contribution is -2.28. The van der Waals surface area contributed by atoms with Gasteiger partial charge in [0.25, 0.3) is 0 Å². The van der Waals surface area contributed by atoms with Gasteiger partial charge in [-0.05, 0) is 24.3 Å². The summed E-state index contributed by atoms with van der Waals surface area (Å²) in [7, 11) is 2.00. The molecule has 2 aromatic carbocycles. The molecule has 0 spiro atoms. The maximum Gasteiger partial charge on any atom is 0.141 e. The smallest absolute Gasteiger partial charge is 0.141 e. The predicted octanol–water partition coefficient (Wildman–Crippen LogP) is 6.91. The van der Waals surface area contributed by atoms with Gasteiger partial charge in [0, 0.05) is 19.2 Å². The van der Waals surface area contributed by atoms with Gasteiger partial charge in [0.05, 0.1) is 11.3 Å². The first-order chi connectivity index (χ1) is 14.7. The lowest BCUT2D eigenvalue weighted by molar-refractivity contribution is 0.466. The molecular formula is C26H32N4. The van der Waals surface area contributed by atoms with E-state index >= 15 is 0 Å². The molecule has 30 heavy (non-hydrogen) atoms. The van der Waals surface area contributed by atoms with Crippen LogP contribution in [0.2, 0.25) is 0 Å². The number of benzene rings is 2. The maximum atomic E-state index is 8.98. The Hall–Kier alpha value is -3.14. The third-order valence-electron chi connectivity index (χ3n) is 5.48. The van der Waals surface area contributed by atoms with Gasteiger partial charge in [0.2, 0.25) is 0 Å². The number of aromatic nitrogens is 1. The number of aromatic amines is 1. The highest BCUT2D eigenvalue weighted by atomic mass is 15.1. The van der Waals surface area contributed by atoms with Crippen LogP contribution in [0, 0.1) is 5.41 Å². The lowest BCUT2D eigenvalue weighted by atomic mass is 9.96. The zero-order valence-corrected chi connectivity index (χ0v) is 18.1. The highest BCUT2D eigenvalue weighted by Crippen LogP contribution is 2.40. The van der Waals surface area contributed by atoms with E-state index in [0.29, 0.717) is 11.7 Å². The van der Waals surface area contributed by atoms with Gasteiger partial charge in [-0.2, -0.15) is 0 Å². The highest BCUT2D eigenvalue weighted by Gasteiger charge is 2.24. The maximum absolute atomic E-state index is 8.98. The standard InChI is InChI=1S/C26H32N4/c1-4-5-6-7-14-19-30(3)25(27)23-22(20-15-10-8-11-16-20)24(29-26(23)28-2)21-17-12-9-13-18-21/h8-13,15-18,27,29H,2,4-7,14,19H2,1,3H3. The average molecular weight is 401 g/mol. The van der Waals surface area contributed by atoms with Crippen LogP contribution in [0.25, 0.3) is 22.4 Å². The van der Waals surface area contributed by atoms with Gasteiger partial charge in [-0.3, -0.25) is 5.41 Å². The molecule has 4 heteroatoms. The predicted molar refractivity (Wildman–Crippen MR) is 129 cm³/mol. The van der Waals surface area contributed by atoms with E-state index in [1.54, 1.807) is 0 Å². The molecule has 0 fully saturated rings. The molecule has 0 saturated carbocycles. The third kappa shape index (κ3) is 4.88. The minimum Gasteiger partial charge on any atom is -0.360 e. The van der Waals surface area contributed by atoms with Crippen molar-refractivity contribution in [3.63, 3.8) is 0 Å². The number of hydrogen-bond acceptors (Lipinski definition) is 2. The first kappa shape index (κ1) is 21.6. The van der Waals surface area contributed by atoms with Crippen molar-refractivity contribution in [3.8, 4) is 22.4 Å². The fraction of sp³-hybridized carbons (Fsp3) is 0.308. The molecule has 156 valence electrons. The van der Waals surface area contributed by atoms with Crippen molar-refractivity contribution in [2.75, 3.05) is 13.6 Å². The summed E-state index contributed by atoms with van der Waals surface area (Å²) in [6.07, 6.45) is 6.07. The minimum atomic E-state index is 0.477. The molecule has 0 saturated heterocycles. The van der Waals surface area contributed by atoms with Gasteiger partial charge in [0.15, 0.2) is 0 Å². The number of amidine groups is 1. The average Bonchev–Trinajstić information content (AvgIpc) is 3.19. The molecule has 3 rings (SSSR count). The molecule has 0 aliphatic rings. The number of aliphatic imine (C=N–C) groups is 1. The number of nitrogens with zero attached hydrogens (tertiary/aromatic N) is 2. The van der Waals surface area contributed by atoms with Crippen LogP contribution in [0.4, 0.5) is 5.82 Å². The highest BCUT2D eigenvalue weighted by molar-refractivity contribution is 6.10. The molecule has 0 aliphatic heterocycles. The summed E-state index contributed by atoms with van der Waals surface area (Å²) < 4.78 is 0. The monoisotopic (exact) mass is 400 g/mol. The van der Waals surface area contributed by atoms with Crippen LogP contribution in [-0.2, 0) is 0 Å². The second-order valence-corrected chi connectivity index (χ2v) is 7.67. The van der Waals surface area contributed by atoms with E-state index in [9.17, 15) is 0 Å². The molecule has 1 heterocycles. The van der Waals surface area contributed by atoms with Crippen molar-refractivity contribution in [1.82, 2.24) is 9.88 Å². The first-order valence-corrected chi connectivity index (χ1v) is 10.8. The Morgan fingerprint density at radius 3 is 2.13 bits per heavy atom. The molecular weight excluding hydrogens is 368 g/mol. The first-order valence-electron chi connectivity index (χ1n) is 10.8. The lowest BCUT2D eigenvalue weighted by Gasteiger charge is -2.21. The number of unbranched alkanes of at least 4 members (excludes halogenated alkanes) is 4. The topological polar surface area (TPSA) is 55.2 Å². The summed E-state index contributed by atoms with van der Waals surface area (Å²) in [6, 6.07) is 20.5. The minimum absolute atomic E-state index is 0.477. The molecule has 0 radical (unpaired) electrons. The van der Waals surface area contributed by atoms with Crippen molar-refractivity contribution < 1.29 is 0 Å². The van der Waals surface area contributed by atoms with Crippen LogP contribution in [0.3, 0.4) is 0 Å². The number of hydrogen-bond donors (Lipinski definition) is 2. The summed E-state index contributed by atoms with van der Waals surface area (Å²) in [5.74, 6) is 1.13. The Labute approximate surface area is 180 Å². The zero-order chi connectivity index (χ0) is 21.3. The normalized spacial score (nSPS) is 10.7. The van der Waals surface area contributed by atoms with Gasteiger partial charge in [0.1, 0.15) is 11.7 Å². The molecule has 0 atom stereocenters. The summed E-state index contributed by atoms with van der Waals surface area (Å²) in [5.41, 5.74) is 4.93. The van der Waals surface area contributed by atoms with Crippen molar-refractivity contribution in [2.24, 2.45) is 4.99 Å². The summed E-state index contributed by atoms with van der Waals surface area (Å²) in [5, 5.41) is 8.98. The van der Waals surface area contributed by atoms with E-state index in [2.05, 4.69) is 47.9 Å². The van der Waals surface area contributed by atoms with Crippen molar-refractivity contribution in [1.29, 1.82) is 5.41 Å². The Balaban J connectivity index is 2.00. The van der Waals surface area contributed by atoms with E-state index in [4.69, 9.17) is 5.41 Å². The Morgan fingerprint density at radius 2 is 1.53 bits per heavy atom. The SMILES string of the molecule is C=Nc1[nH]c(-c2ccccc2)c(-c2ccccc2)c1C(=N)N(C)CCCCCCC. The van der Waals surface area contributed by atoms with Crippen LogP contribution >= 0.6 is 0 Å². The number of H-pyrrole nitrogens is 1.